The SMILES string of the molecule is CCc1ccc(C(=O)N2CCC3(CC2)OC[C@@H](C(=O)N2CCOCC2)N3C(=O)c2ccc(F)cc2)cc1. The summed E-state index contributed by atoms with van der Waals surface area (Å²) in [7, 11) is 0. The predicted octanol–water partition coefficient (Wildman–Crippen LogP) is 2.72. The Morgan fingerprint density at radius 1 is 0.865 bits per heavy atom. The Morgan fingerprint density at radius 3 is 2.08 bits per heavy atom. The van der Waals surface area contributed by atoms with Crippen LogP contribution in [0.25, 0.3) is 0 Å². The zero-order chi connectivity index (χ0) is 26.0. The second kappa shape index (κ2) is 10.6. The van der Waals surface area contributed by atoms with Gasteiger partial charge in [0.2, 0.25) is 5.91 Å². The Hall–Kier alpha value is -3.30. The predicted molar refractivity (Wildman–Crippen MR) is 133 cm³/mol. The van der Waals surface area contributed by atoms with Gasteiger partial charge in [0.05, 0.1) is 19.8 Å². The topological polar surface area (TPSA) is 79.4 Å². The quantitative estimate of drug-likeness (QED) is 0.634. The lowest BCUT2D eigenvalue weighted by atomic mass is 9.95. The van der Waals surface area contributed by atoms with E-state index in [0.29, 0.717) is 63.4 Å². The lowest BCUT2D eigenvalue weighted by molar-refractivity contribution is -0.141. The first-order valence-electron chi connectivity index (χ1n) is 12.9. The number of aryl methyl sites for hydroxylation is 1. The molecular formula is C28H32FN3O5. The van der Waals surface area contributed by atoms with Crippen molar-refractivity contribution in [2.24, 2.45) is 0 Å². The van der Waals surface area contributed by atoms with E-state index in [1.54, 1.807) is 14.7 Å². The summed E-state index contributed by atoms with van der Waals surface area (Å²) in [6.07, 6.45) is 1.66. The minimum absolute atomic E-state index is 0.0622. The summed E-state index contributed by atoms with van der Waals surface area (Å²) in [5.74, 6) is -1.05. The van der Waals surface area contributed by atoms with E-state index in [1.807, 2.05) is 24.3 Å². The highest BCUT2D eigenvalue weighted by Gasteiger charge is 2.55. The number of amides is 3. The first-order valence-corrected chi connectivity index (χ1v) is 12.9. The highest BCUT2D eigenvalue weighted by molar-refractivity contribution is 5.98. The number of carbonyl (C=O) groups excluding carboxylic acids is 3. The Balaban J connectivity index is 1.37. The van der Waals surface area contributed by atoms with Gasteiger partial charge in [0.1, 0.15) is 17.6 Å². The molecule has 2 aromatic rings. The third-order valence-corrected chi connectivity index (χ3v) is 7.62. The fraction of sp³-hybridized carbons (Fsp3) is 0.464. The molecule has 5 rings (SSSR count). The number of nitrogens with zero attached hydrogens (tertiary/aromatic N) is 3. The number of hydrogen-bond acceptors (Lipinski definition) is 5. The average molecular weight is 510 g/mol. The maximum absolute atomic E-state index is 13.8. The lowest BCUT2D eigenvalue weighted by Crippen LogP contribution is -2.60. The third-order valence-electron chi connectivity index (χ3n) is 7.62. The number of halogens is 1. The number of rotatable bonds is 4. The van der Waals surface area contributed by atoms with Crippen molar-refractivity contribution in [3.63, 3.8) is 0 Å². The van der Waals surface area contributed by atoms with Crippen LogP contribution < -0.4 is 0 Å². The molecule has 3 aliphatic rings. The van der Waals surface area contributed by atoms with E-state index < -0.39 is 17.6 Å². The normalized spacial score (nSPS) is 21.4. The number of ether oxygens (including phenoxy) is 2. The molecule has 3 aliphatic heterocycles. The van der Waals surface area contributed by atoms with E-state index >= 15 is 0 Å². The van der Waals surface area contributed by atoms with E-state index in [2.05, 4.69) is 6.92 Å². The van der Waals surface area contributed by atoms with E-state index in [-0.39, 0.29) is 24.3 Å². The Labute approximate surface area is 215 Å². The minimum atomic E-state index is -1.01. The summed E-state index contributed by atoms with van der Waals surface area (Å²) in [6.45, 7) is 4.74. The molecule has 3 heterocycles. The first kappa shape index (κ1) is 25.4. The lowest BCUT2D eigenvalue weighted by Gasteiger charge is -2.45. The van der Waals surface area contributed by atoms with Gasteiger partial charge in [0, 0.05) is 50.1 Å². The molecule has 0 bridgehead atoms. The fourth-order valence-corrected chi connectivity index (χ4v) is 5.41. The molecule has 3 saturated heterocycles. The van der Waals surface area contributed by atoms with Crippen LogP contribution >= 0.6 is 0 Å². The van der Waals surface area contributed by atoms with Crippen LogP contribution in [0.2, 0.25) is 0 Å². The molecule has 1 atom stereocenters. The Bertz CT molecular complexity index is 1140. The summed E-state index contributed by atoms with van der Waals surface area (Å²) in [5, 5.41) is 0. The summed E-state index contributed by atoms with van der Waals surface area (Å²) in [5.41, 5.74) is 1.07. The number of carbonyl (C=O) groups is 3. The highest BCUT2D eigenvalue weighted by atomic mass is 19.1. The van der Waals surface area contributed by atoms with Gasteiger partial charge < -0.3 is 19.3 Å². The van der Waals surface area contributed by atoms with Crippen molar-refractivity contribution in [1.29, 1.82) is 0 Å². The molecule has 0 unspecified atom stereocenters. The van der Waals surface area contributed by atoms with Crippen molar-refractivity contribution in [2.45, 2.75) is 38.0 Å². The standard InChI is InChI=1S/C28H32FN3O5/c1-2-20-3-5-21(6-4-20)25(33)30-13-11-28(12-14-30)32(26(34)22-7-9-23(29)10-8-22)24(19-37-28)27(35)31-15-17-36-18-16-31/h3-10,24H,2,11-19H2,1H3/t24-/m0/s1. The van der Waals surface area contributed by atoms with Crippen LogP contribution in [0.15, 0.2) is 48.5 Å². The van der Waals surface area contributed by atoms with Gasteiger partial charge in [-0.1, -0.05) is 19.1 Å². The second-order valence-corrected chi connectivity index (χ2v) is 9.74. The number of piperidine rings is 1. The zero-order valence-corrected chi connectivity index (χ0v) is 21.0. The number of likely N-dealkylation sites (tertiary alicyclic amines) is 1. The molecule has 0 N–H and O–H groups in total. The smallest absolute Gasteiger partial charge is 0.256 e. The summed E-state index contributed by atoms with van der Waals surface area (Å²) in [6, 6.07) is 12.2. The molecule has 3 fully saturated rings. The van der Waals surface area contributed by atoms with Gasteiger partial charge in [-0.3, -0.25) is 19.3 Å². The Morgan fingerprint density at radius 2 is 1.46 bits per heavy atom. The van der Waals surface area contributed by atoms with Crippen LogP contribution in [-0.4, -0.2) is 90.2 Å². The molecule has 2 aromatic carbocycles. The van der Waals surface area contributed by atoms with Crippen LogP contribution in [0.4, 0.5) is 4.39 Å². The fourth-order valence-electron chi connectivity index (χ4n) is 5.41. The van der Waals surface area contributed by atoms with Gasteiger partial charge in [-0.15, -0.1) is 0 Å². The van der Waals surface area contributed by atoms with Gasteiger partial charge >= 0.3 is 0 Å². The molecule has 196 valence electrons. The molecule has 37 heavy (non-hydrogen) atoms. The van der Waals surface area contributed by atoms with Crippen LogP contribution in [0.5, 0.6) is 0 Å². The summed E-state index contributed by atoms with van der Waals surface area (Å²) < 4.78 is 25.2. The number of morpholine rings is 1. The zero-order valence-electron chi connectivity index (χ0n) is 21.0. The molecule has 3 amide bonds. The van der Waals surface area contributed by atoms with Gasteiger partial charge in [-0.25, -0.2) is 4.39 Å². The maximum Gasteiger partial charge on any atom is 0.256 e. The number of hydrogen-bond donors (Lipinski definition) is 0. The van der Waals surface area contributed by atoms with Gasteiger partial charge in [0.15, 0.2) is 0 Å². The largest absolute Gasteiger partial charge is 0.378 e. The highest BCUT2D eigenvalue weighted by Crippen LogP contribution is 2.39. The molecule has 8 nitrogen and oxygen atoms in total. The van der Waals surface area contributed by atoms with Gasteiger partial charge in [-0.05, 0) is 48.4 Å². The van der Waals surface area contributed by atoms with E-state index in [0.717, 1.165) is 6.42 Å². The van der Waals surface area contributed by atoms with Crippen LogP contribution in [0.1, 0.15) is 46.0 Å². The van der Waals surface area contributed by atoms with Crippen molar-refractivity contribution >= 4 is 17.7 Å². The molecule has 0 aliphatic carbocycles. The van der Waals surface area contributed by atoms with Gasteiger partial charge in [0.25, 0.3) is 11.8 Å². The summed E-state index contributed by atoms with van der Waals surface area (Å²) in [4.78, 5) is 45.5. The van der Waals surface area contributed by atoms with Crippen molar-refractivity contribution < 1.29 is 28.2 Å². The molecular weight excluding hydrogens is 477 g/mol. The van der Waals surface area contributed by atoms with Crippen molar-refractivity contribution in [1.82, 2.24) is 14.7 Å². The minimum Gasteiger partial charge on any atom is -0.378 e. The van der Waals surface area contributed by atoms with E-state index in [9.17, 15) is 18.8 Å². The average Bonchev–Trinajstić information content (AvgIpc) is 3.31. The molecule has 0 aromatic heterocycles. The maximum atomic E-state index is 13.8. The first-order chi connectivity index (χ1) is 17.9. The van der Waals surface area contributed by atoms with Crippen molar-refractivity contribution in [3.8, 4) is 0 Å². The Kier molecular flexibility index (Phi) is 7.26. The molecule has 9 heteroatoms. The molecule has 0 radical (unpaired) electrons. The number of benzene rings is 2. The van der Waals surface area contributed by atoms with Crippen molar-refractivity contribution in [3.05, 3.63) is 71.0 Å². The van der Waals surface area contributed by atoms with E-state index in [4.69, 9.17) is 9.47 Å². The monoisotopic (exact) mass is 509 g/mol. The van der Waals surface area contributed by atoms with Crippen molar-refractivity contribution in [2.75, 3.05) is 46.0 Å². The third kappa shape index (κ3) is 4.98. The van der Waals surface area contributed by atoms with Crippen LogP contribution in [-0.2, 0) is 20.7 Å². The molecule has 1 spiro atoms. The van der Waals surface area contributed by atoms with Crippen LogP contribution in [0.3, 0.4) is 0 Å². The molecule has 0 saturated carbocycles. The van der Waals surface area contributed by atoms with Gasteiger partial charge in [-0.2, -0.15) is 0 Å². The van der Waals surface area contributed by atoms with Crippen LogP contribution in [0, 0.1) is 5.82 Å². The second-order valence-electron chi connectivity index (χ2n) is 9.74. The van der Waals surface area contributed by atoms with E-state index in [1.165, 1.54) is 29.8 Å². The summed E-state index contributed by atoms with van der Waals surface area (Å²) >= 11 is 0.